The van der Waals surface area contributed by atoms with Crippen molar-refractivity contribution < 1.29 is 115 Å². The van der Waals surface area contributed by atoms with E-state index in [2.05, 4.69) is 19.9 Å². The summed E-state index contributed by atoms with van der Waals surface area (Å²) in [6, 6.07) is 20.1. The largest absolute Gasteiger partial charge is 5.00 e. The average Bonchev–Trinajstić information content (AvgIpc) is 3.20. The van der Waals surface area contributed by atoms with Crippen LogP contribution in [0.5, 0.6) is 0 Å². The number of likely N-dealkylation sites (tertiary alicyclic amines) is 2. The second kappa shape index (κ2) is 25.0. The molecule has 337 valence electrons. The molecule has 2 fully saturated rings. The minimum atomic E-state index is -4.94. The first-order valence-corrected chi connectivity index (χ1v) is 19.3. The van der Waals surface area contributed by atoms with Crippen LogP contribution < -0.4 is 42.4 Å². The third-order valence-corrected chi connectivity index (χ3v) is 9.23. The Hall–Kier alpha value is -4.43. The summed E-state index contributed by atoms with van der Waals surface area (Å²) in [5.41, 5.74) is -2.52. The molecule has 0 unspecified atom stereocenters. The number of nitriles is 1. The number of hydrogen-bond acceptors (Lipinski definition) is 22. The van der Waals surface area contributed by atoms with Crippen LogP contribution in [0.3, 0.4) is 0 Å². The van der Waals surface area contributed by atoms with Gasteiger partial charge in [-0.3, -0.25) is 39.3 Å². The molecule has 4 aromatic heterocycles. The van der Waals surface area contributed by atoms with E-state index in [4.69, 9.17) is 57.1 Å². The Kier molecular flexibility index (Phi) is 23.2. The van der Waals surface area contributed by atoms with Gasteiger partial charge in [0.05, 0.1) is 61.2 Å². The first-order valence-electron chi connectivity index (χ1n) is 16.8. The molecule has 2 bridgehead atoms. The number of hydrogen-bond donors (Lipinski definition) is 2. The second-order valence-electron chi connectivity index (χ2n) is 12.4. The summed E-state index contributed by atoms with van der Waals surface area (Å²) < 4.78 is 78.7. The summed E-state index contributed by atoms with van der Waals surface area (Å²) >= 11 is 0. The van der Waals surface area contributed by atoms with E-state index >= 15 is 0 Å². The minimum absolute atomic E-state index is 0. The average molecular weight is 956 g/mol. The molecular formula is C36H42Cl2FeN7O16+2. The van der Waals surface area contributed by atoms with Gasteiger partial charge < -0.3 is 30.3 Å². The zero-order valence-electron chi connectivity index (χ0n) is 33.3. The van der Waals surface area contributed by atoms with Crippen LogP contribution in [0, 0.1) is 42.6 Å². The minimum Gasteiger partial charge on any atom is -0.857 e. The number of nitrogens with zero attached hydrogens (tertiary/aromatic N) is 7. The number of pyridine rings is 4. The third-order valence-electron chi connectivity index (χ3n) is 9.23. The van der Waals surface area contributed by atoms with E-state index in [9.17, 15) is 19.8 Å². The van der Waals surface area contributed by atoms with Crippen LogP contribution >= 0.6 is 0 Å². The SMILES string of the molecule is CC#N.COC(=O)[C@@]12CN(C(c3ccccn3)c3ccccn3)C[C@@](C(=O)OC)([C@@H](c3ccccn3)N(C)[C@H]1c1ccccn1)C2(O)O.C[O-].O.[Fe+5].[O-][Cl+3]([O-])([O-])[O-].[O-][Cl+3]([O-])([O-])[O-]. The van der Waals surface area contributed by atoms with E-state index in [1.54, 1.807) is 91.3 Å². The summed E-state index contributed by atoms with van der Waals surface area (Å²) in [5, 5.41) is 41.0. The third kappa shape index (κ3) is 13.3. The molecule has 0 aliphatic carbocycles. The molecule has 62 heavy (non-hydrogen) atoms. The van der Waals surface area contributed by atoms with E-state index in [-0.39, 0.29) is 35.6 Å². The number of esters is 2. The Labute approximate surface area is 370 Å². The van der Waals surface area contributed by atoms with Crippen LogP contribution in [0.1, 0.15) is 47.8 Å². The quantitative estimate of drug-likeness (QED) is 0.0986. The standard InChI is InChI=1S/C33H34N6O6.C2H3N.CH3O.2ClHO4.Fe.H2O/c1-38-27(24-14-6-10-18-36-24)31(29(40)44-2)20-39(26(22-12-4-8-16-34-22)23-13-5-9-17-35-23)21-32(30(41)45-3,33(31,42)43)28(38)25-15-7-11-19-37-25;1-2-3;1-2;2*2-1(3,4)5;;/h4-19,26-28,42-43H,20-21H2,1-3H3;1H3;1H3;2*(H,2,3,4,5);;1H2/q;;-1;;;+5;/p-2/t27-,28+,31+,32-;;;;;;. The van der Waals surface area contributed by atoms with Gasteiger partial charge in [0.1, 0.15) is 0 Å². The van der Waals surface area contributed by atoms with Crippen molar-refractivity contribution in [2.24, 2.45) is 10.8 Å². The molecule has 0 spiro atoms. The van der Waals surface area contributed by atoms with Gasteiger partial charge in [-0.25, -0.2) is 37.3 Å². The monoisotopic (exact) mass is 954 g/mol. The van der Waals surface area contributed by atoms with Crippen LogP contribution in [0.4, 0.5) is 0 Å². The van der Waals surface area contributed by atoms with Crippen LogP contribution in [-0.2, 0) is 36.1 Å². The van der Waals surface area contributed by atoms with Gasteiger partial charge in [-0.05, 0) is 55.6 Å². The smallest absolute Gasteiger partial charge is 0.857 e. The molecule has 2 aliphatic heterocycles. The van der Waals surface area contributed by atoms with Gasteiger partial charge in [0.15, 0.2) is 10.8 Å². The molecule has 0 aromatic carbocycles. The van der Waals surface area contributed by atoms with Crippen molar-refractivity contribution in [3.63, 3.8) is 0 Å². The van der Waals surface area contributed by atoms with Gasteiger partial charge >= 0.3 is 29.0 Å². The molecule has 0 saturated carbocycles. The Balaban J connectivity index is 0.00000191. The van der Waals surface area contributed by atoms with Gasteiger partial charge in [-0.2, -0.15) is 12.4 Å². The molecular weight excluding hydrogens is 913 g/mol. The van der Waals surface area contributed by atoms with E-state index < -0.39 is 67.2 Å². The van der Waals surface area contributed by atoms with Gasteiger partial charge in [0, 0.05) is 44.8 Å². The van der Waals surface area contributed by atoms with Gasteiger partial charge in [0.25, 0.3) is 0 Å². The predicted octanol–water partition coefficient (Wildman–Crippen LogP) is -8.73. The van der Waals surface area contributed by atoms with Crippen molar-refractivity contribution in [2.45, 2.75) is 30.8 Å². The number of piperidine rings is 2. The van der Waals surface area contributed by atoms with Crippen molar-refractivity contribution in [3.05, 3.63) is 120 Å². The number of carbonyl (C=O) groups excluding carboxylic acids is 2. The van der Waals surface area contributed by atoms with Gasteiger partial charge in [-0.15, -0.1) is 20.5 Å². The number of methoxy groups -OCH3 is 2. The van der Waals surface area contributed by atoms with Gasteiger partial charge in [-0.1, -0.05) is 24.3 Å². The van der Waals surface area contributed by atoms with E-state index in [1.165, 1.54) is 21.1 Å². The summed E-state index contributed by atoms with van der Waals surface area (Å²) in [6.07, 6.45) is 6.42. The number of rotatable bonds is 7. The fraction of sp³-hybridized carbons (Fsp3) is 0.361. The molecule has 6 heterocycles. The summed E-state index contributed by atoms with van der Waals surface area (Å²) in [7, 11) is -5.06. The maximum atomic E-state index is 14.4. The van der Waals surface area contributed by atoms with Crippen molar-refractivity contribution in [3.8, 4) is 6.07 Å². The summed E-state index contributed by atoms with van der Waals surface area (Å²) in [6.45, 7) is 0.882. The molecule has 2 aliphatic rings. The Morgan fingerprint density at radius 2 is 1.00 bits per heavy atom. The van der Waals surface area contributed by atoms with E-state index in [0.717, 1.165) is 7.11 Å². The second-order valence-corrected chi connectivity index (χ2v) is 13.9. The molecule has 23 nitrogen and oxygen atoms in total. The number of aromatic nitrogens is 4. The normalized spacial score (nSPS) is 21.2. The molecule has 4 aromatic rings. The van der Waals surface area contributed by atoms with E-state index in [0.29, 0.717) is 22.8 Å². The zero-order valence-corrected chi connectivity index (χ0v) is 35.9. The number of carbonyl (C=O) groups is 2. The maximum absolute atomic E-state index is 14.4. The Morgan fingerprint density at radius 3 is 1.24 bits per heavy atom. The maximum Gasteiger partial charge on any atom is 5.00 e. The molecule has 4 N–H and O–H groups in total. The summed E-state index contributed by atoms with van der Waals surface area (Å²) in [4.78, 5) is 50.7. The first-order chi connectivity index (χ1) is 28.2. The van der Waals surface area contributed by atoms with Crippen molar-refractivity contribution >= 4 is 11.9 Å². The molecule has 2 saturated heterocycles. The van der Waals surface area contributed by atoms with Gasteiger partial charge in [0.2, 0.25) is 5.79 Å². The fourth-order valence-electron chi connectivity index (χ4n) is 7.50. The zero-order chi connectivity index (χ0) is 45.5. The Bertz CT molecular complexity index is 1830. The van der Waals surface area contributed by atoms with E-state index in [1.807, 2.05) is 29.2 Å². The van der Waals surface area contributed by atoms with Crippen LogP contribution in [0.15, 0.2) is 97.6 Å². The van der Waals surface area contributed by atoms with Crippen LogP contribution in [0.2, 0.25) is 0 Å². The van der Waals surface area contributed by atoms with Crippen molar-refractivity contribution in [1.82, 2.24) is 29.7 Å². The topological polar surface area (TPSA) is 414 Å². The van der Waals surface area contributed by atoms with Crippen molar-refractivity contribution in [2.75, 3.05) is 41.5 Å². The Morgan fingerprint density at radius 1 is 0.710 bits per heavy atom. The molecule has 4 atom stereocenters. The molecule has 6 rings (SSSR count). The van der Waals surface area contributed by atoms with Crippen LogP contribution in [0.25, 0.3) is 0 Å². The molecule has 26 heteroatoms. The molecule has 0 amide bonds. The number of aliphatic hydroxyl groups is 2. The number of ether oxygens (including phenoxy) is 2. The van der Waals surface area contributed by atoms with Crippen LogP contribution in [-0.4, -0.2) is 105 Å². The first kappa shape index (κ1) is 57.6. The number of fused-ring (bicyclic) bond motifs is 2. The van der Waals surface area contributed by atoms with Crippen molar-refractivity contribution in [1.29, 1.82) is 5.26 Å². The summed E-state index contributed by atoms with van der Waals surface area (Å²) in [5.74, 6) is -4.91. The predicted molar refractivity (Wildman–Crippen MR) is 181 cm³/mol. The molecule has 1 radical (unpaired) electrons. The number of halogens is 2. The fourth-order valence-corrected chi connectivity index (χ4v) is 7.50.